The van der Waals surface area contributed by atoms with E-state index in [0.29, 0.717) is 0 Å². The highest BCUT2D eigenvalue weighted by Crippen LogP contribution is 1.78. The van der Waals surface area contributed by atoms with E-state index in [2.05, 4.69) is 13.2 Å². The van der Waals surface area contributed by atoms with Crippen LogP contribution in [0.5, 0.6) is 0 Å². The summed E-state index contributed by atoms with van der Waals surface area (Å²) in [6.45, 7) is 6.00. The molecule has 0 atom stereocenters. The van der Waals surface area contributed by atoms with Crippen LogP contribution in [0.15, 0.2) is 24.2 Å². The van der Waals surface area contributed by atoms with Crippen molar-refractivity contribution in [1.29, 1.82) is 0 Å². The van der Waals surface area contributed by atoms with Gasteiger partial charge in [-0.15, -0.1) is 13.2 Å². The Bertz CT molecular complexity index is 28.5. The Morgan fingerprint density at radius 1 is 1.00 bits per heavy atom. The van der Waals surface area contributed by atoms with E-state index in [-0.39, 0.29) is 0 Å². The van der Waals surface area contributed by atoms with Crippen LogP contribution in [0.3, 0.4) is 0 Å². The van der Waals surface area contributed by atoms with E-state index in [0.717, 1.165) is 0 Å². The Balaban J connectivity index is 0. The summed E-state index contributed by atoms with van der Waals surface area (Å²) < 4.78 is 0. The van der Waals surface area contributed by atoms with Crippen LogP contribution in [0.25, 0.3) is 0 Å². The van der Waals surface area contributed by atoms with Gasteiger partial charge < -0.3 is 0 Å². The fraction of sp³-hybridized carbons (Fsp3) is 0. The van der Waals surface area contributed by atoms with Crippen LogP contribution in [0.4, 0.5) is 0 Å². The Kier molecular flexibility index (Phi) is 30.8. The van der Waals surface area contributed by atoms with Gasteiger partial charge in [-0.1, -0.05) is 23.2 Å². The highest BCUT2D eigenvalue weighted by Gasteiger charge is 1.40. The summed E-state index contributed by atoms with van der Waals surface area (Å²) in [5.41, 5.74) is 2.48. The Morgan fingerprint density at radius 3 is 1.17 bits per heavy atom. The molecular formula is C4H6Cl2. The second kappa shape index (κ2) is 19.7. The Labute approximate surface area is 48.1 Å². The van der Waals surface area contributed by atoms with Gasteiger partial charge in [-0.05, 0) is 0 Å². The molecule has 0 aromatic carbocycles. The van der Waals surface area contributed by atoms with Crippen LogP contribution >= 0.6 is 23.2 Å². The van der Waals surface area contributed by atoms with Crippen molar-refractivity contribution < 1.29 is 0 Å². The highest BCUT2D eigenvalue weighted by molar-refractivity contribution is 6.33. The van der Waals surface area contributed by atoms with Crippen LogP contribution in [0.2, 0.25) is 0 Å². The molecule has 6 heavy (non-hydrogen) atoms. The predicted molar refractivity (Wildman–Crippen MR) is 32.1 cm³/mol. The van der Waals surface area contributed by atoms with Gasteiger partial charge in [0.15, 0.2) is 0 Å². The van der Waals surface area contributed by atoms with Crippen LogP contribution in [-0.2, 0) is 0 Å². The first-order valence-electron chi connectivity index (χ1n) is 1.27. The first-order valence-corrected chi connectivity index (χ1v) is 2.14. The van der Waals surface area contributed by atoms with Crippen LogP contribution in [0, 0.1) is 0 Å². The third-order valence-electron chi connectivity index (χ3n) is 0.0476. The molecule has 0 fully saturated rings. The van der Waals surface area contributed by atoms with Crippen molar-refractivity contribution in [2.24, 2.45) is 0 Å². The van der Waals surface area contributed by atoms with Gasteiger partial charge in [0.25, 0.3) is 0 Å². The van der Waals surface area contributed by atoms with E-state index in [1.54, 1.807) is 0 Å². The second-order valence-electron chi connectivity index (χ2n) is 0.252. The number of rotatable bonds is 0. The maximum absolute atomic E-state index is 4.87. The molecule has 0 aromatic heterocycles. The van der Waals surface area contributed by atoms with E-state index < -0.39 is 0 Å². The number of hydrogen-bond donors (Lipinski definition) is 0. The standard InChI is InChI=1S/C2H2Cl2.C2H4/c3-1-2-4;1-2/h1-2H;1-2H2. The zero-order valence-electron chi connectivity index (χ0n) is 3.32. The molecule has 0 N–H and O–H groups in total. The molecule has 0 aliphatic carbocycles. The molecule has 0 aromatic rings. The number of hydrogen-bond acceptors (Lipinski definition) is 0. The smallest absolute Gasteiger partial charge is 0.0156 e. The van der Waals surface area contributed by atoms with Crippen LogP contribution in [-0.4, -0.2) is 0 Å². The lowest BCUT2D eigenvalue weighted by Crippen LogP contribution is -1.11. The van der Waals surface area contributed by atoms with E-state index in [1.165, 1.54) is 11.1 Å². The molecule has 0 saturated heterocycles. The lowest BCUT2D eigenvalue weighted by atomic mass is 11.3. The fourth-order valence-corrected chi connectivity index (χ4v) is 0. The molecule has 0 heterocycles. The third-order valence-corrected chi connectivity index (χ3v) is 0.429. The van der Waals surface area contributed by atoms with Gasteiger partial charge in [-0.3, -0.25) is 0 Å². The summed E-state index contributed by atoms with van der Waals surface area (Å²) in [4.78, 5) is 0. The van der Waals surface area contributed by atoms with Crippen LogP contribution in [0.1, 0.15) is 0 Å². The normalized spacial score (nSPS) is 7.00. The van der Waals surface area contributed by atoms with Crippen LogP contribution < -0.4 is 0 Å². The Hall–Kier alpha value is 0.0600. The van der Waals surface area contributed by atoms with Crippen molar-refractivity contribution in [3.63, 3.8) is 0 Å². The molecule has 0 aliphatic rings. The molecule has 0 rings (SSSR count). The van der Waals surface area contributed by atoms with E-state index in [9.17, 15) is 0 Å². The van der Waals surface area contributed by atoms with Gasteiger partial charge in [0.05, 0.1) is 0 Å². The summed E-state index contributed by atoms with van der Waals surface area (Å²) in [5, 5.41) is 0. The Morgan fingerprint density at radius 2 is 1.17 bits per heavy atom. The minimum absolute atomic E-state index is 1.24. The van der Waals surface area contributed by atoms with E-state index >= 15 is 0 Å². The molecule has 0 saturated carbocycles. The molecule has 36 valence electrons. The first-order chi connectivity index (χ1) is 2.91. The number of halogens is 2. The van der Waals surface area contributed by atoms with Gasteiger partial charge in [0.2, 0.25) is 0 Å². The summed E-state index contributed by atoms with van der Waals surface area (Å²) >= 11 is 9.75. The summed E-state index contributed by atoms with van der Waals surface area (Å²) in [6.07, 6.45) is 0. The average molecular weight is 125 g/mol. The lowest BCUT2D eigenvalue weighted by Gasteiger charge is -1.44. The maximum Gasteiger partial charge on any atom is 0.0156 e. The highest BCUT2D eigenvalue weighted by atomic mass is 35.5. The van der Waals surface area contributed by atoms with Crippen molar-refractivity contribution in [3.8, 4) is 0 Å². The summed E-state index contributed by atoms with van der Waals surface area (Å²) in [5.74, 6) is 0. The van der Waals surface area contributed by atoms with E-state index in [4.69, 9.17) is 23.2 Å². The summed E-state index contributed by atoms with van der Waals surface area (Å²) in [6, 6.07) is 0. The first kappa shape index (κ1) is 9.41. The second-order valence-corrected chi connectivity index (χ2v) is 0.756. The van der Waals surface area contributed by atoms with Crippen molar-refractivity contribution in [1.82, 2.24) is 0 Å². The minimum Gasteiger partial charge on any atom is -0.106 e. The van der Waals surface area contributed by atoms with Gasteiger partial charge in [-0.25, -0.2) is 0 Å². The van der Waals surface area contributed by atoms with Gasteiger partial charge in [0, 0.05) is 11.1 Å². The lowest BCUT2D eigenvalue weighted by molar-refractivity contribution is 2.51. The van der Waals surface area contributed by atoms with Crippen molar-refractivity contribution in [2.75, 3.05) is 0 Å². The predicted octanol–water partition coefficient (Wildman–Crippen LogP) is 2.74. The zero-order chi connectivity index (χ0) is 5.41. The topological polar surface area (TPSA) is 0 Å². The minimum atomic E-state index is 1.24. The summed E-state index contributed by atoms with van der Waals surface area (Å²) in [7, 11) is 0. The molecule has 2 heteroatoms. The average Bonchev–Trinajstić information content (AvgIpc) is 1.72. The van der Waals surface area contributed by atoms with Gasteiger partial charge in [0.1, 0.15) is 0 Å². The SMILES string of the molecule is C=C.ClC=CCl. The third kappa shape index (κ3) is 33.8. The monoisotopic (exact) mass is 124 g/mol. The van der Waals surface area contributed by atoms with Crippen molar-refractivity contribution in [2.45, 2.75) is 0 Å². The molecule has 0 spiro atoms. The zero-order valence-corrected chi connectivity index (χ0v) is 4.84. The molecule has 0 radical (unpaired) electrons. The van der Waals surface area contributed by atoms with E-state index in [1.807, 2.05) is 0 Å². The molecule has 0 aliphatic heterocycles. The molecular weight excluding hydrogens is 119 g/mol. The molecule has 0 amide bonds. The van der Waals surface area contributed by atoms with Crippen molar-refractivity contribution >= 4 is 23.2 Å². The quantitative estimate of drug-likeness (QED) is 0.436. The largest absolute Gasteiger partial charge is 0.106 e. The molecule has 0 unspecified atom stereocenters. The van der Waals surface area contributed by atoms with Gasteiger partial charge >= 0.3 is 0 Å². The fourth-order valence-electron chi connectivity index (χ4n) is 0. The maximum atomic E-state index is 4.87. The molecule has 0 bridgehead atoms. The van der Waals surface area contributed by atoms with Crippen molar-refractivity contribution in [3.05, 3.63) is 24.2 Å². The molecule has 0 nitrogen and oxygen atoms in total. The van der Waals surface area contributed by atoms with Gasteiger partial charge in [-0.2, -0.15) is 0 Å².